The average molecular weight is 360 g/mol. The van der Waals surface area contributed by atoms with Gasteiger partial charge in [0.25, 0.3) is 5.91 Å². The number of nitrogens with zero attached hydrogens (tertiary/aromatic N) is 3. The fourth-order valence-electron chi connectivity index (χ4n) is 3.22. The summed E-state index contributed by atoms with van der Waals surface area (Å²) in [7, 11) is 1.62. The standard InChI is InChI=1S/C21H20N4O2/c1-27-17-10-8-16(9-11-17)23-21-22-13-12-18(24-21)20(26)25-14-4-6-15-5-2-3-7-19(15)25/h2-3,5,7-13H,4,6,14H2,1H3,(H,22,23,24). The van der Waals surface area contributed by atoms with Gasteiger partial charge in [-0.15, -0.1) is 0 Å². The molecule has 0 saturated carbocycles. The van der Waals surface area contributed by atoms with Crippen molar-refractivity contribution in [1.82, 2.24) is 9.97 Å². The quantitative estimate of drug-likeness (QED) is 0.766. The first-order valence-electron chi connectivity index (χ1n) is 8.88. The molecule has 0 aliphatic carbocycles. The van der Waals surface area contributed by atoms with E-state index in [1.165, 1.54) is 5.56 Å². The molecule has 6 nitrogen and oxygen atoms in total. The summed E-state index contributed by atoms with van der Waals surface area (Å²) >= 11 is 0. The van der Waals surface area contributed by atoms with E-state index in [9.17, 15) is 4.79 Å². The van der Waals surface area contributed by atoms with Gasteiger partial charge in [-0.3, -0.25) is 4.79 Å². The monoisotopic (exact) mass is 360 g/mol. The van der Waals surface area contributed by atoms with Crippen LogP contribution >= 0.6 is 0 Å². The van der Waals surface area contributed by atoms with E-state index in [0.29, 0.717) is 18.2 Å². The number of nitrogens with one attached hydrogen (secondary N) is 1. The lowest BCUT2D eigenvalue weighted by atomic mass is 10.0. The summed E-state index contributed by atoms with van der Waals surface area (Å²) in [5, 5.41) is 3.12. The van der Waals surface area contributed by atoms with E-state index in [1.54, 1.807) is 24.3 Å². The summed E-state index contributed by atoms with van der Waals surface area (Å²) in [6, 6.07) is 17.1. The van der Waals surface area contributed by atoms with Gasteiger partial charge in [-0.1, -0.05) is 18.2 Å². The summed E-state index contributed by atoms with van der Waals surface area (Å²) in [4.78, 5) is 23.5. The normalized spacial score (nSPS) is 13.0. The van der Waals surface area contributed by atoms with Gasteiger partial charge in [0, 0.05) is 24.1 Å². The molecule has 1 aliphatic rings. The number of carbonyl (C=O) groups is 1. The van der Waals surface area contributed by atoms with E-state index in [4.69, 9.17) is 4.74 Å². The first-order valence-corrected chi connectivity index (χ1v) is 8.88. The molecule has 0 atom stereocenters. The van der Waals surface area contributed by atoms with Crippen LogP contribution in [0.4, 0.5) is 17.3 Å². The van der Waals surface area contributed by atoms with Crippen molar-refractivity contribution in [3.8, 4) is 5.75 Å². The lowest BCUT2D eigenvalue weighted by Crippen LogP contribution is -2.36. The minimum Gasteiger partial charge on any atom is -0.497 e. The molecule has 0 radical (unpaired) electrons. The highest BCUT2D eigenvalue weighted by molar-refractivity contribution is 6.05. The number of methoxy groups -OCH3 is 1. The zero-order valence-corrected chi connectivity index (χ0v) is 15.1. The Hall–Kier alpha value is -3.41. The van der Waals surface area contributed by atoms with E-state index >= 15 is 0 Å². The molecule has 0 unspecified atom stereocenters. The Morgan fingerprint density at radius 3 is 2.74 bits per heavy atom. The highest BCUT2D eigenvalue weighted by Gasteiger charge is 2.24. The van der Waals surface area contributed by atoms with E-state index in [0.717, 1.165) is 30.0 Å². The van der Waals surface area contributed by atoms with Gasteiger partial charge < -0.3 is 15.0 Å². The predicted octanol–water partition coefficient (Wildman–Crippen LogP) is 3.82. The number of rotatable bonds is 4. The third kappa shape index (κ3) is 3.60. The summed E-state index contributed by atoms with van der Waals surface area (Å²) in [5.41, 5.74) is 3.36. The first-order chi connectivity index (χ1) is 13.2. The predicted molar refractivity (Wildman–Crippen MR) is 105 cm³/mol. The van der Waals surface area contributed by atoms with E-state index in [2.05, 4.69) is 21.4 Å². The average Bonchev–Trinajstić information content (AvgIpc) is 2.73. The number of aromatic nitrogens is 2. The van der Waals surface area contributed by atoms with Gasteiger partial charge in [-0.05, 0) is 54.8 Å². The van der Waals surface area contributed by atoms with Crippen LogP contribution in [0.5, 0.6) is 5.75 Å². The molecule has 0 fully saturated rings. The Balaban J connectivity index is 1.56. The molecular formula is C21H20N4O2. The number of amides is 1. The van der Waals surface area contributed by atoms with Crippen LogP contribution in [-0.2, 0) is 6.42 Å². The van der Waals surface area contributed by atoms with Gasteiger partial charge in [0.05, 0.1) is 7.11 Å². The Morgan fingerprint density at radius 1 is 1.11 bits per heavy atom. The molecule has 1 N–H and O–H groups in total. The molecule has 0 bridgehead atoms. The minimum absolute atomic E-state index is 0.109. The minimum atomic E-state index is -0.109. The molecule has 2 aromatic carbocycles. The van der Waals surface area contributed by atoms with E-state index in [-0.39, 0.29) is 5.91 Å². The summed E-state index contributed by atoms with van der Waals surface area (Å²) in [6.45, 7) is 0.696. The Morgan fingerprint density at radius 2 is 1.93 bits per heavy atom. The molecule has 0 spiro atoms. The van der Waals surface area contributed by atoms with Gasteiger partial charge in [-0.25, -0.2) is 9.97 Å². The molecular weight excluding hydrogens is 340 g/mol. The Labute approximate surface area is 157 Å². The molecule has 6 heteroatoms. The van der Waals surface area contributed by atoms with Crippen LogP contribution in [0.15, 0.2) is 60.8 Å². The third-order valence-corrected chi connectivity index (χ3v) is 4.58. The maximum Gasteiger partial charge on any atom is 0.277 e. The lowest BCUT2D eigenvalue weighted by Gasteiger charge is -2.29. The number of para-hydroxylation sites is 1. The van der Waals surface area contributed by atoms with Crippen molar-refractivity contribution in [2.75, 3.05) is 23.9 Å². The lowest BCUT2D eigenvalue weighted by molar-refractivity contribution is 0.0980. The van der Waals surface area contributed by atoms with Crippen LogP contribution in [0.3, 0.4) is 0 Å². The van der Waals surface area contributed by atoms with Crippen molar-refractivity contribution in [2.45, 2.75) is 12.8 Å². The van der Waals surface area contributed by atoms with Crippen LogP contribution in [0.2, 0.25) is 0 Å². The van der Waals surface area contributed by atoms with Gasteiger partial charge >= 0.3 is 0 Å². The molecule has 1 aromatic heterocycles. The summed E-state index contributed by atoms with van der Waals surface area (Å²) in [5.74, 6) is 1.05. The van der Waals surface area contributed by atoms with Crippen molar-refractivity contribution in [1.29, 1.82) is 0 Å². The largest absolute Gasteiger partial charge is 0.497 e. The topological polar surface area (TPSA) is 67.3 Å². The number of hydrogen-bond donors (Lipinski definition) is 1. The molecule has 1 aliphatic heterocycles. The Kier molecular flexibility index (Phi) is 4.70. The zero-order chi connectivity index (χ0) is 18.6. The maximum absolute atomic E-state index is 13.0. The summed E-state index contributed by atoms with van der Waals surface area (Å²) in [6.07, 6.45) is 3.54. The summed E-state index contributed by atoms with van der Waals surface area (Å²) < 4.78 is 5.16. The first kappa shape index (κ1) is 17.0. The second-order valence-electron chi connectivity index (χ2n) is 6.31. The Bertz CT molecular complexity index is 956. The van der Waals surface area contributed by atoms with Gasteiger partial charge in [-0.2, -0.15) is 0 Å². The van der Waals surface area contributed by atoms with Crippen molar-refractivity contribution >= 4 is 23.2 Å². The number of fused-ring (bicyclic) bond motifs is 1. The highest BCUT2D eigenvalue weighted by atomic mass is 16.5. The number of carbonyl (C=O) groups excluding carboxylic acids is 1. The zero-order valence-electron chi connectivity index (χ0n) is 15.1. The molecule has 27 heavy (non-hydrogen) atoms. The SMILES string of the molecule is COc1ccc(Nc2nccc(C(=O)N3CCCc4ccccc43)n2)cc1. The molecule has 1 amide bonds. The molecule has 136 valence electrons. The number of aryl methyl sites for hydroxylation is 1. The van der Waals surface area contributed by atoms with Gasteiger partial charge in [0.2, 0.25) is 5.95 Å². The third-order valence-electron chi connectivity index (χ3n) is 4.58. The van der Waals surface area contributed by atoms with Crippen LogP contribution in [-0.4, -0.2) is 29.5 Å². The van der Waals surface area contributed by atoms with Crippen molar-refractivity contribution in [3.05, 3.63) is 72.1 Å². The number of hydrogen-bond acceptors (Lipinski definition) is 5. The van der Waals surface area contributed by atoms with Crippen LogP contribution in [0.1, 0.15) is 22.5 Å². The number of anilines is 3. The fourth-order valence-corrected chi connectivity index (χ4v) is 3.22. The van der Waals surface area contributed by atoms with E-state index in [1.807, 2.05) is 42.5 Å². The molecule has 4 rings (SSSR count). The fraction of sp³-hybridized carbons (Fsp3) is 0.190. The molecule has 0 saturated heterocycles. The van der Waals surface area contributed by atoms with Crippen LogP contribution in [0, 0.1) is 0 Å². The van der Waals surface area contributed by atoms with Crippen molar-refractivity contribution in [3.63, 3.8) is 0 Å². The van der Waals surface area contributed by atoms with Crippen LogP contribution in [0.25, 0.3) is 0 Å². The van der Waals surface area contributed by atoms with E-state index < -0.39 is 0 Å². The van der Waals surface area contributed by atoms with Crippen molar-refractivity contribution < 1.29 is 9.53 Å². The highest BCUT2D eigenvalue weighted by Crippen LogP contribution is 2.28. The van der Waals surface area contributed by atoms with Crippen molar-refractivity contribution in [2.24, 2.45) is 0 Å². The number of benzene rings is 2. The second kappa shape index (κ2) is 7.45. The number of ether oxygens (including phenoxy) is 1. The second-order valence-corrected chi connectivity index (χ2v) is 6.31. The molecule has 3 aromatic rings. The van der Waals surface area contributed by atoms with Gasteiger partial charge in [0.15, 0.2) is 0 Å². The maximum atomic E-state index is 13.0. The smallest absolute Gasteiger partial charge is 0.277 e. The van der Waals surface area contributed by atoms with Gasteiger partial charge in [0.1, 0.15) is 11.4 Å². The van der Waals surface area contributed by atoms with Crippen LogP contribution < -0.4 is 15.0 Å². The molecule has 2 heterocycles.